The lowest BCUT2D eigenvalue weighted by Crippen LogP contribution is -2.50. The molecule has 0 atom stereocenters. The fourth-order valence-electron chi connectivity index (χ4n) is 1.06. The minimum absolute atomic E-state index is 0.156. The summed E-state index contributed by atoms with van der Waals surface area (Å²) in [6, 6.07) is 0. The second-order valence-electron chi connectivity index (χ2n) is 4.22. The number of nitrogens with zero attached hydrogens (tertiary/aromatic N) is 2. The van der Waals surface area contributed by atoms with Crippen molar-refractivity contribution in [1.29, 1.82) is 0 Å². The predicted molar refractivity (Wildman–Crippen MR) is 52.4 cm³/mol. The number of hydrogen-bond acceptors (Lipinski definition) is 3. The number of aliphatic imine (C=N–C) groups is 1. The fraction of sp³-hybridized carbons (Fsp3) is 0.889. The third-order valence-electron chi connectivity index (χ3n) is 2.20. The van der Waals surface area contributed by atoms with Gasteiger partial charge >= 0.3 is 0 Å². The molecule has 70 valence electrons. The highest BCUT2D eigenvalue weighted by molar-refractivity contribution is 5.80. The van der Waals surface area contributed by atoms with Crippen LogP contribution in [0, 0.1) is 0 Å². The molecule has 1 aliphatic rings. The number of nitrogens with one attached hydrogen (secondary N) is 1. The van der Waals surface area contributed by atoms with Crippen molar-refractivity contribution in [2.24, 2.45) is 4.99 Å². The standard InChI is InChI=1S/C9H19N3/c1-9(2,3)12(4)8-10-6-5-7-11-8/h5-7H2,1-4H3,(H,10,11). The molecule has 12 heavy (non-hydrogen) atoms. The monoisotopic (exact) mass is 169 g/mol. The van der Waals surface area contributed by atoms with E-state index >= 15 is 0 Å². The first kappa shape index (κ1) is 9.36. The van der Waals surface area contributed by atoms with Crippen LogP contribution in [0.1, 0.15) is 27.2 Å². The average molecular weight is 169 g/mol. The zero-order valence-corrected chi connectivity index (χ0v) is 8.52. The molecule has 0 aliphatic carbocycles. The van der Waals surface area contributed by atoms with E-state index < -0.39 is 0 Å². The Hall–Kier alpha value is -0.730. The summed E-state index contributed by atoms with van der Waals surface area (Å²) in [5.41, 5.74) is 0.156. The molecule has 1 rings (SSSR count). The molecule has 0 saturated heterocycles. The van der Waals surface area contributed by atoms with Crippen LogP contribution in [0.25, 0.3) is 0 Å². The first-order valence-electron chi connectivity index (χ1n) is 4.54. The van der Waals surface area contributed by atoms with Crippen molar-refractivity contribution in [1.82, 2.24) is 10.2 Å². The Bertz CT molecular complexity index is 179. The van der Waals surface area contributed by atoms with Crippen molar-refractivity contribution in [2.75, 3.05) is 20.1 Å². The molecule has 0 spiro atoms. The summed E-state index contributed by atoms with van der Waals surface area (Å²) in [4.78, 5) is 6.61. The molecule has 0 unspecified atom stereocenters. The van der Waals surface area contributed by atoms with Crippen LogP contribution in [0.15, 0.2) is 4.99 Å². The van der Waals surface area contributed by atoms with Gasteiger partial charge in [0.15, 0.2) is 5.96 Å². The van der Waals surface area contributed by atoms with E-state index in [4.69, 9.17) is 0 Å². The highest BCUT2D eigenvalue weighted by Gasteiger charge is 2.21. The van der Waals surface area contributed by atoms with Gasteiger partial charge < -0.3 is 10.2 Å². The first-order valence-corrected chi connectivity index (χ1v) is 4.54. The van der Waals surface area contributed by atoms with Gasteiger partial charge in [0.05, 0.1) is 0 Å². The number of rotatable bonds is 0. The van der Waals surface area contributed by atoms with Crippen LogP contribution in [-0.2, 0) is 0 Å². The van der Waals surface area contributed by atoms with Crippen LogP contribution >= 0.6 is 0 Å². The molecule has 0 aromatic heterocycles. The molecule has 1 heterocycles. The van der Waals surface area contributed by atoms with E-state index in [-0.39, 0.29) is 5.54 Å². The van der Waals surface area contributed by atoms with Crippen molar-refractivity contribution in [3.05, 3.63) is 0 Å². The molecule has 3 heteroatoms. The lowest BCUT2D eigenvalue weighted by molar-refractivity contribution is 0.270. The Morgan fingerprint density at radius 3 is 2.50 bits per heavy atom. The maximum absolute atomic E-state index is 4.43. The van der Waals surface area contributed by atoms with E-state index in [1.165, 1.54) is 0 Å². The minimum Gasteiger partial charge on any atom is -0.356 e. The largest absolute Gasteiger partial charge is 0.356 e. The van der Waals surface area contributed by atoms with Gasteiger partial charge in [-0.15, -0.1) is 0 Å². The Morgan fingerprint density at radius 2 is 2.08 bits per heavy atom. The molecule has 3 nitrogen and oxygen atoms in total. The highest BCUT2D eigenvalue weighted by Crippen LogP contribution is 2.11. The van der Waals surface area contributed by atoms with E-state index in [1.807, 2.05) is 0 Å². The molecular weight excluding hydrogens is 150 g/mol. The Labute approximate surface area is 74.9 Å². The number of hydrogen-bond donors (Lipinski definition) is 1. The van der Waals surface area contributed by atoms with Crippen molar-refractivity contribution in [3.8, 4) is 0 Å². The first-order chi connectivity index (χ1) is 5.52. The summed E-state index contributed by atoms with van der Waals surface area (Å²) in [7, 11) is 2.08. The maximum Gasteiger partial charge on any atom is 0.194 e. The van der Waals surface area contributed by atoms with E-state index in [0.29, 0.717) is 0 Å². The third kappa shape index (κ3) is 2.13. The maximum atomic E-state index is 4.43. The second-order valence-corrected chi connectivity index (χ2v) is 4.22. The Kier molecular flexibility index (Phi) is 2.60. The van der Waals surface area contributed by atoms with E-state index in [0.717, 1.165) is 25.5 Å². The quantitative estimate of drug-likeness (QED) is 0.587. The van der Waals surface area contributed by atoms with Gasteiger partial charge in [0, 0.05) is 25.7 Å². The molecular formula is C9H19N3. The lowest BCUT2D eigenvalue weighted by atomic mass is 10.1. The summed E-state index contributed by atoms with van der Waals surface area (Å²) in [6.07, 6.45) is 1.15. The smallest absolute Gasteiger partial charge is 0.194 e. The van der Waals surface area contributed by atoms with Gasteiger partial charge in [-0.3, -0.25) is 4.99 Å². The van der Waals surface area contributed by atoms with Gasteiger partial charge in [0.2, 0.25) is 0 Å². The van der Waals surface area contributed by atoms with Crippen LogP contribution in [0.5, 0.6) is 0 Å². The summed E-state index contributed by atoms with van der Waals surface area (Å²) in [6.45, 7) is 8.57. The fourth-order valence-corrected chi connectivity index (χ4v) is 1.06. The van der Waals surface area contributed by atoms with E-state index in [2.05, 4.69) is 43.0 Å². The van der Waals surface area contributed by atoms with Gasteiger partial charge in [0.25, 0.3) is 0 Å². The summed E-state index contributed by atoms with van der Waals surface area (Å²) >= 11 is 0. The van der Waals surface area contributed by atoms with Crippen molar-refractivity contribution < 1.29 is 0 Å². The normalized spacial score (nSPS) is 18.2. The molecule has 0 aromatic rings. The zero-order valence-electron chi connectivity index (χ0n) is 8.52. The van der Waals surface area contributed by atoms with E-state index in [1.54, 1.807) is 0 Å². The number of guanidine groups is 1. The highest BCUT2D eigenvalue weighted by atomic mass is 15.3. The molecule has 1 N–H and O–H groups in total. The van der Waals surface area contributed by atoms with Gasteiger partial charge in [0.1, 0.15) is 0 Å². The van der Waals surface area contributed by atoms with Gasteiger partial charge in [-0.2, -0.15) is 0 Å². The van der Waals surface area contributed by atoms with Crippen LogP contribution in [0.4, 0.5) is 0 Å². The molecule has 0 aromatic carbocycles. The van der Waals surface area contributed by atoms with Gasteiger partial charge in [-0.25, -0.2) is 0 Å². The molecule has 0 amide bonds. The van der Waals surface area contributed by atoms with Crippen LogP contribution in [0.3, 0.4) is 0 Å². The molecule has 1 aliphatic heterocycles. The average Bonchev–Trinajstić information content (AvgIpc) is 2.03. The molecule has 0 saturated carbocycles. The Balaban J connectivity index is 2.62. The summed E-state index contributed by atoms with van der Waals surface area (Å²) < 4.78 is 0. The van der Waals surface area contributed by atoms with Crippen LogP contribution in [0.2, 0.25) is 0 Å². The van der Waals surface area contributed by atoms with Crippen LogP contribution in [-0.4, -0.2) is 36.5 Å². The molecule has 0 radical (unpaired) electrons. The minimum atomic E-state index is 0.156. The lowest BCUT2D eigenvalue weighted by Gasteiger charge is -2.36. The van der Waals surface area contributed by atoms with Crippen LogP contribution < -0.4 is 5.32 Å². The topological polar surface area (TPSA) is 27.6 Å². The van der Waals surface area contributed by atoms with Crippen molar-refractivity contribution in [3.63, 3.8) is 0 Å². The zero-order chi connectivity index (χ0) is 9.19. The predicted octanol–water partition coefficient (Wildman–Crippen LogP) is 1.07. The van der Waals surface area contributed by atoms with E-state index in [9.17, 15) is 0 Å². The van der Waals surface area contributed by atoms with Crippen molar-refractivity contribution in [2.45, 2.75) is 32.7 Å². The second kappa shape index (κ2) is 3.33. The third-order valence-corrected chi connectivity index (χ3v) is 2.20. The SMILES string of the molecule is CN(C1=NCCCN1)C(C)(C)C. The Morgan fingerprint density at radius 1 is 1.42 bits per heavy atom. The summed E-state index contributed by atoms with van der Waals surface area (Å²) in [5, 5.41) is 3.30. The van der Waals surface area contributed by atoms with Gasteiger partial charge in [-0.1, -0.05) is 0 Å². The molecule has 0 fully saturated rings. The summed E-state index contributed by atoms with van der Waals surface area (Å²) in [5.74, 6) is 1.04. The van der Waals surface area contributed by atoms with Crippen molar-refractivity contribution >= 4 is 5.96 Å². The molecule has 0 bridgehead atoms. The van der Waals surface area contributed by atoms with Gasteiger partial charge in [-0.05, 0) is 27.2 Å².